The third-order valence-electron chi connectivity index (χ3n) is 3.62. The van der Waals surface area contributed by atoms with E-state index < -0.39 is 10.0 Å². The topological polar surface area (TPSA) is 72.6 Å². The zero-order chi connectivity index (χ0) is 14.8. The maximum absolute atomic E-state index is 12.7. The molecular weight excluding hydrogens is 380 g/mol. The summed E-state index contributed by atoms with van der Waals surface area (Å²) in [4.78, 5) is 0.293. The van der Waals surface area contributed by atoms with Gasteiger partial charge in [-0.05, 0) is 31.0 Å². The Hall–Kier alpha value is -0.180. The molecule has 21 heavy (non-hydrogen) atoms. The number of ether oxygens (including phenoxy) is 1. The van der Waals surface area contributed by atoms with Crippen LogP contribution in [0.15, 0.2) is 33.6 Å². The van der Waals surface area contributed by atoms with Gasteiger partial charge in [0.15, 0.2) is 0 Å². The number of benzene rings is 1. The summed E-state index contributed by atoms with van der Waals surface area (Å²) in [5.41, 5.74) is 5.74. The van der Waals surface area contributed by atoms with Crippen molar-refractivity contribution >= 4 is 38.4 Å². The minimum absolute atomic E-state index is 0. The lowest BCUT2D eigenvalue weighted by atomic mass is 10.0. The Morgan fingerprint density at radius 1 is 1.48 bits per heavy atom. The monoisotopic (exact) mass is 398 g/mol. The Kier molecular flexibility index (Phi) is 7.09. The Balaban J connectivity index is 0.00000220. The van der Waals surface area contributed by atoms with Crippen LogP contribution in [-0.2, 0) is 14.8 Å². The molecule has 1 saturated heterocycles. The molecule has 0 amide bonds. The minimum Gasteiger partial charge on any atom is -0.381 e. The Bertz CT molecular complexity index is 570. The number of halogens is 2. The van der Waals surface area contributed by atoms with Crippen molar-refractivity contribution in [2.45, 2.75) is 29.9 Å². The average molecular weight is 400 g/mol. The first-order chi connectivity index (χ1) is 9.48. The van der Waals surface area contributed by atoms with Crippen molar-refractivity contribution in [3.8, 4) is 0 Å². The van der Waals surface area contributed by atoms with Crippen molar-refractivity contribution in [2.75, 3.05) is 20.2 Å². The molecule has 2 N–H and O–H groups in total. The number of nitrogens with two attached hydrogens (primary N) is 1. The summed E-state index contributed by atoms with van der Waals surface area (Å²) < 4.78 is 33.0. The van der Waals surface area contributed by atoms with Crippen LogP contribution < -0.4 is 5.73 Å². The van der Waals surface area contributed by atoms with Crippen molar-refractivity contribution in [3.63, 3.8) is 0 Å². The van der Waals surface area contributed by atoms with Crippen molar-refractivity contribution in [1.29, 1.82) is 0 Å². The van der Waals surface area contributed by atoms with Gasteiger partial charge in [0, 0.05) is 30.7 Å². The molecule has 0 aromatic heterocycles. The molecule has 2 rings (SSSR count). The fourth-order valence-corrected chi connectivity index (χ4v) is 4.76. The lowest BCUT2D eigenvalue weighted by Gasteiger charge is -2.37. The van der Waals surface area contributed by atoms with Crippen LogP contribution >= 0.6 is 28.3 Å². The maximum Gasteiger partial charge on any atom is 0.243 e. The highest BCUT2D eigenvalue weighted by molar-refractivity contribution is 9.10. The van der Waals surface area contributed by atoms with Crippen LogP contribution in [0, 0.1) is 0 Å². The summed E-state index contributed by atoms with van der Waals surface area (Å²) >= 11 is 3.30. The molecule has 1 aliphatic heterocycles. The lowest BCUT2D eigenvalue weighted by molar-refractivity contribution is 0.0401. The van der Waals surface area contributed by atoms with Gasteiger partial charge >= 0.3 is 0 Å². The second-order valence-electron chi connectivity index (χ2n) is 4.84. The van der Waals surface area contributed by atoms with E-state index in [1.165, 1.54) is 4.31 Å². The first kappa shape index (κ1) is 18.9. The molecule has 8 heteroatoms. The molecule has 1 fully saturated rings. The molecule has 1 aromatic carbocycles. The fraction of sp³-hybridized carbons (Fsp3) is 0.538. The number of rotatable bonds is 4. The van der Waals surface area contributed by atoms with E-state index in [2.05, 4.69) is 15.9 Å². The highest BCUT2D eigenvalue weighted by Gasteiger charge is 2.36. The van der Waals surface area contributed by atoms with Crippen molar-refractivity contribution in [2.24, 2.45) is 5.73 Å². The van der Waals surface area contributed by atoms with Gasteiger partial charge in [0.25, 0.3) is 0 Å². The summed E-state index contributed by atoms with van der Waals surface area (Å²) in [5.74, 6) is 0. The summed E-state index contributed by atoms with van der Waals surface area (Å²) in [6, 6.07) is 6.53. The zero-order valence-corrected chi connectivity index (χ0v) is 15.0. The van der Waals surface area contributed by atoms with E-state index in [0.29, 0.717) is 30.8 Å². The lowest BCUT2D eigenvalue weighted by Crippen LogP contribution is -2.51. The number of methoxy groups -OCH3 is 1. The molecule has 0 spiro atoms. The average Bonchev–Trinajstić information content (AvgIpc) is 2.46. The summed E-state index contributed by atoms with van der Waals surface area (Å²) in [5, 5.41) is 0. The summed E-state index contributed by atoms with van der Waals surface area (Å²) in [6.45, 7) is 0.738. The van der Waals surface area contributed by atoms with Gasteiger partial charge in [0.05, 0.1) is 11.0 Å². The predicted octanol–water partition coefficient (Wildman–Crippen LogP) is 2.00. The molecule has 1 aromatic rings. The van der Waals surface area contributed by atoms with Crippen LogP contribution in [-0.4, -0.2) is 45.1 Å². The Morgan fingerprint density at radius 2 is 2.19 bits per heavy atom. The molecule has 2 atom stereocenters. The molecule has 120 valence electrons. The number of nitrogens with zero attached hydrogens (tertiary/aromatic N) is 1. The van der Waals surface area contributed by atoms with Gasteiger partial charge in [-0.25, -0.2) is 8.42 Å². The molecule has 0 bridgehead atoms. The van der Waals surface area contributed by atoms with Crippen LogP contribution in [0.25, 0.3) is 0 Å². The first-order valence-electron chi connectivity index (χ1n) is 6.49. The van der Waals surface area contributed by atoms with Crippen LogP contribution in [0.1, 0.15) is 12.8 Å². The van der Waals surface area contributed by atoms with E-state index in [1.807, 2.05) is 0 Å². The van der Waals surface area contributed by atoms with E-state index >= 15 is 0 Å². The van der Waals surface area contributed by atoms with Gasteiger partial charge in [-0.1, -0.05) is 22.0 Å². The van der Waals surface area contributed by atoms with Gasteiger partial charge in [0.1, 0.15) is 0 Å². The predicted molar refractivity (Wildman–Crippen MR) is 88.2 cm³/mol. The highest BCUT2D eigenvalue weighted by atomic mass is 79.9. The maximum atomic E-state index is 12.7. The zero-order valence-electron chi connectivity index (χ0n) is 11.7. The van der Waals surface area contributed by atoms with Crippen molar-refractivity contribution < 1.29 is 13.2 Å². The van der Waals surface area contributed by atoms with E-state index in [9.17, 15) is 8.42 Å². The van der Waals surface area contributed by atoms with Crippen LogP contribution in [0.2, 0.25) is 0 Å². The van der Waals surface area contributed by atoms with E-state index in [1.54, 1.807) is 31.4 Å². The van der Waals surface area contributed by atoms with Crippen LogP contribution in [0.4, 0.5) is 0 Å². The van der Waals surface area contributed by atoms with E-state index in [0.717, 1.165) is 4.47 Å². The van der Waals surface area contributed by atoms with Gasteiger partial charge in [-0.15, -0.1) is 12.4 Å². The largest absolute Gasteiger partial charge is 0.381 e. The van der Waals surface area contributed by atoms with E-state index in [-0.39, 0.29) is 24.6 Å². The molecule has 0 aliphatic carbocycles. The van der Waals surface area contributed by atoms with Gasteiger partial charge in [0.2, 0.25) is 10.0 Å². The second kappa shape index (κ2) is 7.89. The fourth-order valence-electron chi connectivity index (χ4n) is 2.50. The second-order valence-corrected chi connectivity index (χ2v) is 7.65. The number of sulfonamides is 1. The van der Waals surface area contributed by atoms with Gasteiger partial charge in [-0.3, -0.25) is 0 Å². The minimum atomic E-state index is -3.51. The molecule has 0 radical (unpaired) electrons. The number of piperidine rings is 1. The third kappa shape index (κ3) is 4.18. The highest BCUT2D eigenvalue weighted by Crippen LogP contribution is 2.27. The summed E-state index contributed by atoms with van der Waals surface area (Å²) in [7, 11) is -1.86. The summed E-state index contributed by atoms with van der Waals surface area (Å²) in [6.07, 6.45) is 1.41. The van der Waals surface area contributed by atoms with Gasteiger partial charge in [-0.2, -0.15) is 4.31 Å². The normalized spacial score (nSPS) is 23.6. The first-order valence-corrected chi connectivity index (χ1v) is 8.72. The van der Waals surface area contributed by atoms with Crippen molar-refractivity contribution in [3.05, 3.63) is 28.7 Å². The Morgan fingerprint density at radius 3 is 2.76 bits per heavy atom. The number of hydrogen-bond donors (Lipinski definition) is 1. The molecular formula is C13H20BrClN2O3S. The SMILES string of the molecule is COC1CCN(S(=O)(=O)c2cccc(Br)c2)C(CN)C1.Cl. The van der Waals surface area contributed by atoms with Crippen LogP contribution in [0.3, 0.4) is 0 Å². The smallest absolute Gasteiger partial charge is 0.243 e. The van der Waals surface area contributed by atoms with E-state index in [4.69, 9.17) is 10.5 Å². The van der Waals surface area contributed by atoms with Crippen molar-refractivity contribution in [1.82, 2.24) is 4.31 Å². The van der Waals surface area contributed by atoms with Crippen LogP contribution in [0.5, 0.6) is 0 Å². The van der Waals surface area contributed by atoms with Gasteiger partial charge < -0.3 is 10.5 Å². The quantitative estimate of drug-likeness (QED) is 0.840. The molecule has 5 nitrogen and oxygen atoms in total. The molecule has 2 unspecified atom stereocenters. The Labute approximate surface area is 140 Å². The molecule has 0 saturated carbocycles. The standard InChI is InChI=1S/C13H19BrN2O3S.ClH/c1-19-12-5-6-16(11(8-12)9-15)20(17,18)13-4-2-3-10(14)7-13;/h2-4,7,11-12H,5-6,8-9,15H2,1H3;1H. The molecule has 1 heterocycles. The molecule has 1 aliphatic rings. The number of hydrogen-bond acceptors (Lipinski definition) is 4. The third-order valence-corrected chi connectivity index (χ3v) is 6.06.